The van der Waals surface area contributed by atoms with Crippen molar-refractivity contribution < 1.29 is 9.47 Å². The Morgan fingerprint density at radius 1 is 0.821 bits per heavy atom. The summed E-state index contributed by atoms with van der Waals surface area (Å²) in [7, 11) is 3.35. The molecule has 3 aromatic rings. The van der Waals surface area contributed by atoms with E-state index in [1.807, 2.05) is 24.3 Å². The van der Waals surface area contributed by atoms with E-state index in [2.05, 4.69) is 79.8 Å². The first kappa shape index (κ1) is 21.3. The zero-order valence-electron chi connectivity index (χ0n) is 15.6. The van der Waals surface area contributed by atoms with Crippen molar-refractivity contribution in [1.29, 1.82) is 0 Å². The number of hydrogen-bond donors (Lipinski definition) is 0. The average Bonchev–Trinajstić information content (AvgIpc) is 2.73. The number of methoxy groups -OCH3 is 2. The normalized spacial score (nSPS) is 10.6. The molecule has 3 aromatic carbocycles. The molecule has 0 spiro atoms. The lowest BCUT2D eigenvalue weighted by molar-refractivity contribution is 0.414. The van der Waals surface area contributed by atoms with E-state index in [0.717, 1.165) is 38.3 Å². The van der Waals surface area contributed by atoms with Crippen molar-refractivity contribution in [2.45, 2.75) is 13.1 Å². The molecule has 0 unspecified atom stereocenters. The van der Waals surface area contributed by atoms with Gasteiger partial charge in [0.25, 0.3) is 0 Å². The van der Waals surface area contributed by atoms with Gasteiger partial charge in [-0.3, -0.25) is 0 Å². The number of benzene rings is 3. The minimum Gasteiger partial charge on any atom is -0.497 e. The maximum atomic E-state index is 6.69. The highest BCUT2D eigenvalue weighted by Gasteiger charge is 2.16. The van der Waals surface area contributed by atoms with Crippen LogP contribution >= 0.6 is 50.1 Å². The molecule has 28 heavy (non-hydrogen) atoms. The largest absolute Gasteiger partial charge is 0.497 e. The predicted molar refractivity (Wildman–Crippen MR) is 128 cm³/mol. The van der Waals surface area contributed by atoms with Crippen LogP contribution in [0.4, 0.5) is 5.69 Å². The Bertz CT molecular complexity index is 883. The second-order valence-corrected chi connectivity index (χ2v) is 8.58. The molecule has 0 saturated carbocycles. The van der Waals surface area contributed by atoms with E-state index >= 15 is 0 Å². The fraction of sp³-hybridized carbons (Fsp3) is 0.182. The van der Waals surface area contributed by atoms with Crippen molar-refractivity contribution in [3.63, 3.8) is 0 Å². The fourth-order valence-electron chi connectivity index (χ4n) is 2.89. The Labute approximate surface area is 192 Å². The van der Waals surface area contributed by atoms with Gasteiger partial charge < -0.3 is 14.4 Å². The van der Waals surface area contributed by atoms with Gasteiger partial charge in [0.1, 0.15) is 11.5 Å². The zero-order chi connectivity index (χ0) is 20.1. The van der Waals surface area contributed by atoms with Gasteiger partial charge in [0, 0.05) is 16.7 Å². The minimum absolute atomic E-state index is 0.717. The van der Waals surface area contributed by atoms with Crippen LogP contribution in [-0.4, -0.2) is 14.2 Å². The lowest BCUT2D eigenvalue weighted by atomic mass is 10.1. The maximum absolute atomic E-state index is 6.69. The topological polar surface area (TPSA) is 21.7 Å². The summed E-state index contributed by atoms with van der Waals surface area (Å²) >= 11 is 12.6. The molecule has 0 amide bonds. The van der Waals surface area contributed by atoms with Gasteiger partial charge in [0.2, 0.25) is 0 Å². The molecule has 0 aliphatic rings. The van der Waals surface area contributed by atoms with Crippen LogP contribution in [-0.2, 0) is 13.1 Å². The molecule has 0 saturated heterocycles. The second-order valence-electron chi connectivity index (χ2n) is 6.25. The quantitative estimate of drug-likeness (QED) is 0.226. The van der Waals surface area contributed by atoms with Gasteiger partial charge in [-0.2, -0.15) is 0 Å². The molecular formula is C22H20BrClINO2. The van der Waals surface area contributed by atoms with E-state index in [0.29, 0.717) is 5.02 Å². The fourth-order valence-corrected chi connectivity index (χ4v) is 4.12. The minimum atomic E-state index is 0.717. The Kier molecular flexibility index (Phi) is 7.48. The third-order valence-corrected chi connectivity index (χ3v) is 7.50. The molecule has 146 valence electrons. The predicted octanol–water partition coefficient (Wildman–Crippen LogP) is 6.93. The summed E-state index contributed by atoms with van der Waals surface area (Å²) in [5.41, 5.74) is 3.35. The van der Waals surface area contributed by atoms with Gasteiger partial charge >= 0.3 is 0 Å². The number of nitrogens with zero attached hydrogens (tertiary/aromatic N) is 1. The van der Waals surface area contributed by atoms with Crippen molar-refractivity contribution in [1.82, 2.24) is 0 Å². The molecule has 3 nitrogen and oxygen atoms in total. The molecule has 0 heterocycles. The van der Waals surface area contributed by atoms with Crippen molar-refractivity contribution in [3.8, 4) is 11.5 Å². The molecule has 3 rings (SSSR count). The Morgan fingerprint density at radius 3 is 1.71 bits per heavy atom. The number of anilines is 1. The molecule has 0 N–H and O–H groups in total. The second kappa shape index (κ2) is 9.85. The number of hydrogen-bond acceptors (Lipinski definition) is 3. The van der Waals surface area contributed by atoms with E-state index in [1.165, 1.54) is 11.1 Å². The van der Waals surface area contributed by atoms with E-state index in [1.54, 1.807) is 14.2 Å². The zero-order valence-corrected chi connectivity index (χ0v) is 20.1. The van der Waals surface area contributed by atoms with Gasteiger partial charge in [-0.05, 0) is 86.0 Å². The van der Waals surface area contributed by atoms with E-state index in [-0.39, 0.29) is 0 Å². The van der Waals surface area contributed by atoms with E-state index in [9.17, 15) is 0 Å². The van der Waals surface area contributed by atoms with Crippen molar-refractivity contribution in [2.24, 2.45) is 0 Å². The van der Waals surface area contributed by atoms with Crippen LogP contribution < -0.4 is 14.4 Å². The van der Waals surface area contributed by atoms with Crippen molar-refractivity contribution in [2.75, 3.05) is 19.1 Å². The third kappa shape index (κ3) is 5.13. The first-order valence-corrected chi connectivity index (χ1v) is 10.9. The maximum Gasteiger partial charge on any atom is 0.118 e. The molecule has 0 bridgehead atoms. The summed E-state index contributed by atoms with van der Waals surface area (Å²) in [4.78, 5) is 2.27. The molecule has 0 aromatic heterocycles. The van der Waals surface area contributed by atoms with Crippen molar-refractivity contribution >= 4 is 55.8 Å². The Balaban J connectivity index is 1.93. The molecule has 0 atom stereocenters. The standard InChI is InChI=1S/C22H20BrClINO2/c1-27-17-7-3-15(4-8-17)13-26(14-16-5-9-18(28-2)10-6-16)20-12-11-19(25)21(23)22(20)24/h3-12H,13-14H2,1-2H3. The molecule has 0 aliphatic carbocycles. The van der Waals surface area contributed by atoms with Gasteiger partial charge in [0.05, 0.1) is 29.4 Å². The van der Waals surface area contributed by atoms with Crippen LogP contribution in [0.1, 0.15) is 11.1 Å². The summed E-state index contributed by atoms with van der Waals surface area (Å²) in [6, 6.07) is 20.4. The lowest BCUT2D eigenvalue weighted by Crippen LogP contribution is -2.22. The lowest BCUT2D eigenvalue weighted by Gasteiger charge is -2.27. The van der Waals surface area contributed by atoms with E-state index < -0.39 is 0 Å². The summed E-state index contributed by atoms with van der Waals surface area (Å²) in [5.74, 6) is 1.70. The van der Waals surface area contributed by atoms with E-state index in [4.69, 9.17) is 21.1 Å². The average molecular weight is 573 g/mol. The third-order valence-electron chi connectivity index (χ3n) is 4.42. The summed E-state index contributed by atoms with van der Waals surface area (Å²) in [6.07, 6.45) is 0. The molecule has 6 heteroatoms. The Morgan fingerprint density at radius 2 is 1.29 bits per heavy atom. The van der Waals surface area contributed by atoms with Gasteiger partial charge in [-0.1, -0.05) is 35.9 Å². The molecule has 0 radical (unpaired) electrons. The first-order chi connectivity index (χ1) is 13.5. The highest BCUT2D eigenvalue weighted by atomic mass is 127. The number of rotatable bonds is 7. The summed E-state index contributed by atoms with van der Waals surface area (Å²) < 4.78 is 12.5. The monoisotopic (exact) mass is 571 g/mol. The highest BCUT2D eigenvalue weighted by molar-refractivity contribution is 14.1. The molecule has 0 fully saturated rings. The van der Waals surface area contributed by atoms with Crippen LogP contribution in [0.3, 0.4) is 0 Å². The smallest absolute Gasteiger partial charge is 0.118 e. The highest BCUT2D eigenvalue weighted by Crippen LogP contribution is 2.37. The van der Waals surface area contributed by atoms with Gasteiger partial charge in [-0.25, -0.2) is 0 Å². The Hall–Kier alpha value is -1.44. The first-order valence-electron chi connectivity index (χ1n) is 8.66. The van der Waals surface area contributed by atoms with Crippen molar-refractivity contribution in [3.05, 3.63) is 84.9 Å². The van der Waals surface area contributed by atoms with Gasteiger partial charge in [-0.15, -0.1) is 0 Å². The van der Waals surface area contributed by atoms with Crippen LogP contribution in [0.5, 0.6) is 11.5 Å². The van der Waals surface area contributed by atoms with Gasteiger partial charge in [0.15, 0.2) is 0 Å². The summed E-state index contributed by atoms with van der Waals surface area (Å²) in [5, 5.41) is 0.717. The SMILES string of the molecule is COc1ccc(CN(Cc2ccc(OC)cc2)c2ccc(I)c(Br)c2Cl)cc1. The summed E-state index contributed by atoms with van der Waals surface area (Å²) in [6.45, 7) is 1.45. The molecule has 0 aliphatic heterocycles. The van der Waals surface area contributed by atoms with Crippen LogP contribution in [0.25, 0.3) is 0 Å². The van der Waals surface area contributed by atoms with Crippen LogP contribution in [0, 0.1) is 3.57 Å². The van der Waals surface area contributed by atoms with Crippen LogP contribution in [0.2, 0.25) is 5.02 Å². The number of halogens is 3. The van der Waals surface area contributed by atoms with Crippen LogP contribution in [0.15, 0.2) is 65.1 Å². The molecular weight excluding hydrogens is 553 g/mol. The number of ether oxygens (including phenoxy) is 2.